The molecule has 3 aliphatic rings. The maximum absolute atomic E-state index is 14.9. The van der Waals surface area contributed by atoms with Gasteiger partial charge in [0.1, 0.15) is 0 Å². The number of rotatable bonds is 5. The second-order valence-corrected chi connectivity index (χ2v) is 9.33. The molecule has 38 heavy (non-hydrogen) atoms. The summed E-state index contributed by atoms with van der Waals surface area (Å²) in [5.74, 6) is -0.734. The zero-order valence-corrected chi connectivity index (χ0v) is 20.7. The van der Waals surface area contributed by atoms with E-state index in [1.54, 1.807) is 6.20 Å². The van der Waals surface area contributed by atoms with Gasteiger partial charge in [0.15, 0.2) is 11.5 Å². The van der Waals surface area contributed by atoms with Gasteiger partial charge in [-0.3, -0.25) is 4.79 Å². The van der Waals surface area contributed by atoms with Gasteiger partial charge in [-0.15, -0.1) is 5.10 Å². The number of carbonyl (C=O) groups is 1. The minimum atomic E-state index is -1.06. The van der Waals surface area contributed by atoms with E-state index >= 15 is 0 Å². The van der Waals surface area contributed by atoms with Crippen LogP contribution >= 0.6 is 0 Å². The van der Waals surface area contributed by atoms with Crippen molar-refractivity contribution >= 4 is 29.0 Å². The molecule has 0 bridgehead atoms. The number of halogens is 1. The highest BCUT2D eigenvalue weighted by molar-refractivity contribution is 6.21. The van der Waals surface area contributed by atoms with Gasteiger partial charge >= 0.3 is 6.01 Å². The van der Waals surface area contributed by atoms with E-state index in [1.165, 1.54) is 6.07 Å². The summed E-state index contributed by atoms with van der Waals surface area (Å²) < 4.78 is 26.0. The van der Waals surface area contributed by atoms with E-state index < -0.39 is 12.0 Å². The summed E-state index contributed by atoms with van der Waals surface area (Å²) >= 11 is 0. The first-order valence-electron chi connectivity index (χ1n) is 12.5. The van der Waals surface area contributed by atoms with Gasteiger partial charge in [-0.1, -0.05) is 48.4 Å². The molecule has 1 amide bonds. The largest absolute Gasteiger partial charge is 0.402 e. The number of benzodiazepines with no additional fused rings is 1. The van der Waals surface area contributed by atoms with Crippen LogP contribution in [0.3, 0.4) is 0 Å². The van der Waals surface area contributed by atoms with Gasteiger partial charge < -0.3 is 24.7 Å². The zero-order valence-electron chi connectivity index (χ0n) is 20.7. The predicted octanol–water partition coefficient (Wildman–Crippen LogP) is 3.81. The van der Waals surface area contributed by atoms with Crippen LogP contribution in [0.1, 0.15) is 18.9 Å². The monoisotopic (exact) mass is 515 g/mol. The SMILES string of the molecule is CC1C=C(C2=NC(Nc3nnc(-c4ncc(N5CCOCC5)cc4F)o3)C(=O)Nc3ccccc32)C=CC1. The molecule has 2 N–H and O–H groups in total. The molecule has 2 unspecified atom stereocenters. The van der Waals surface area contributed by atoms with Crippen molar-refractivity contribution in [3.05, 3.63) is 71.7 Å². The zero-order chi connectivity index (χ0) is 26.1. The lowest BCUT2D eigenvalue weighted by Crippen LogP contribution is -2.36. The van der Waals surface area contributed by atoms with Crippen LogP contribution < -0.4 is 15.5 Å². The summed E-state index contributed by atoms with van der Waals surface area (Å²) in [5.41, 5.74) is 3.65. The van der Waals surface area contributed by atoms with Crippen molar-refractivity contribution in [2.24, 2.45) is 10.9 Å². The predicted molar refractivity (Wildman–Crippen MR) is 141 cm³/mol. The molecule has 0 saturated carbocycles. The maximum Gasteiger partial charge on any atom is 0.317 e. The topological polar surface area (TPSA) is 118 Å². The first kappa shape index (κ1) is 24.0. The van der Waals surface area contributed by atoms with Crippen molar-refractivity contribution in [2.45, 2.75) is 19.5 Å². The van der Waals surface area contributed by atoms with Crippen molar-refractivity contribution in [1.29, 1.82) is 0 Å². The van der Waals surface area contributed by atoms with Crippen LogP contribution in [0.25, 0.3) is 11.6 Å². The highest BCUT2D eigenvalue weighted by Crippen LogP contribution is 2.29. The minimum Gasteiger partial charge on any atom is -0.402 e. The molecule has 4 heterocycles. The van der Waals surface area contributed by atoms with Crippen LogP contribution in [0.5, 0.6) is 0 Å². The van der Waals surface area contributed by atoms with Crippen molar-refractivity contribution in [3.8, 4) is 11.6 Å². The average molecular weight is 516 g/mol. The molecule has 0 radical (unpaired) electrons. The summed E-state index contributed by atoms with van der Waals surface area (Å²) in [6.07, 6.45) is 7.72. The van der Waals surface area contributed by atoms with Crippen LogP contribution in [0, 0.1) is 11.7 Å². The molecule has 2 aromatic heterocycles. The molecule has 1 aromatic carbocycles. The lowest BCUT2D eigenvalue weighted by molar-refractivity contribution is -0.116. The number of aliphatic imine (C=N–C) groups is 1. The quantitative estimate of drug-likeness (QED) is 0.527. The summed E-state index contributed by atoms with van der Waals surface area (Å²) in [6, 6.07) is 8.83. The van der Waals surface area contributed by atoms with Gasteiger partial charge in [0.2, 0.25) is 6.17 Å². The first-order chi connectivity index (χ1) is 18.5. The van der Waals surface area contributed by atoms with E-state index in [-0.39, 0.29) is 23.5 Å². The number of allylic oxidation sites excluding steroid dienone is 4. The van der Waals surface area contributed by atoms with Gasteiger partial charge in [-0.2, -0.15) is 0 Å². The summed E-state index contributed by atoms with van der Waals surface area (Å²) in [5, 5.41) is 13.7. The number of anilines is 3. The first-order valence-corrected chi connectivity index (χ1v) is 12.5. The molecule has 0 spiro atoms. The van der Waals surface area contributed by atoms with E-state index in [0.29, 0.717) is 49.3 Å². The molecule has 6 rings (SSSR count). The molecule has 3 aromatic rings. The third kappa shape index (κ3) is 4.80. The maximum atomic E-state index is 14.9. The Morgan fingerprint density at radius 1 is 1.18 bits per heavy atom. The molecule has 194 valence electrons. The Bertz CT molecular complexity index is 1460. The Kier molecular flexibility index (Phi) is 6.42. The fraction of sp³-hybridized carbons (Fsp3) is 0.296. The number of fused-ring (bicyclic) bond motifs is 1. The molecule has 10 nitrogen and oxygen atoms in total. The van der Waals surface area contributed by atoms with Crippen LogP contribution in [-0.2, 0) is 9.53 Å². The van der Waals surface area contributed by atoms with Crippen molar-refractivity contribution < 1.29 is 18.3 Å². The number of benzene rings is 1. The number of nitrogens with one attached hydrogen (secondary N) is 2. The highest BCUT2D eigenvalue weighted by Gasteiger charge is 2.28. The Morgan fingerprint density at radius 3 is 2.84 bits per heavy atom. The molecule has 1 fully saturated rings. The van der Waals surface area contributed by atoms with Gasteiger partial charge in [0.05, 0.1) is 36.5 Å². The van der Waals surface area contributed by atoms with E-state index in [4.69, 9.17) is 14.1 Å². The minimum absolute atomic E-state index is 0.0732. The van der Waals surface area contributed by atoms with E-state index in [2.05, 4.69) is 44.9 Å². The summed E-state index contributed by atoms with van der Waals surface area (Å²) in [7, 11) is 0. The smallest absolute Gasteiger partial charge is 0.317 e. The highest BCUT2D eigenvalue weighted by atomic mass is 19.1. The second kappa shape index (κ2) is 10.2. The van der Waals surface area contributed by atoms with Crippen LogP contribution in [0.4, 0.5) is 21.8 Å². The normalized spacial score (nSPS) is 21.2. The van der Waals surface area contributed by atoms with E-state index in [0.717, 1.165) is 17.6 Å². The van der Waals surface area contributed by atoms with Gasteiger partial charge in [-0.05, 0) is 24.0 Å². The number of hydrogen-bond acceptors (Lipinski definition) is 9. The number of aromatic nitrogens is 3. The van der Waals surface area contributed by atoms with Crippen LogP contribution in [0.2, 0.25) is 0 Å². The number of carbonyl (C=O) groups excluding carboxylic acids is 1. The number of pyridine rings is 1. The van der Waals surface area contributed by atoms with Crippen molar-refractivity contribution in [1.82, 2.24) is 15.2 Å². The third-order valence-electron chi connectivity index (χ3n) is 6.58. The Hall–Kier alpha value is -4.38. The van der Waals surface area contributed by atoms with Crippen LogP contribution in [0.15, 0.2) is 69.7 Å². The standard InChI is InChI=1S/C27H26FN7O3/c1-16-5-4-6-17(13-16)22-19-7-2-3-8-21(19)30-25(36)24(31-22)32-27-34-33-26(38-27)23-20(28)14-18(15-29-23)35-9-11-37-12-10-35/h2-4,6-8,13-16,24H,5,9-12H2,1H3,(H,30,36)(H,32,34). The molecular formula is C27H26FN7O3. The lowest BCUT2D eigenvalue weighted by atomic mass is 9.92. The molecular weight excluding hydrogens is 489 g/mol. The average Bonchev–Trinajstić information content (AvgIpc) is 3.34. The number of hydrogen-bond donors (Lipinski definition) is 2. The number of morpholine rings is 1. The molecule has 1 aliphatic carbocycles. The molecule has 2 atom stereocenters. The number of para-hydroxylation sites is 1. The fourth-order valence-corrected chi connectivity index (χ4v) is 4.66. The van der Waals surface area contributed by atoms with Crippen LogP contribution in [-0.4, -0.2) is 59.3 Å². The molecule has 2 aliphatic heterocycles. The second-order valence-electron chi connectivity index (χ2n) is 9.33. The van der Waals surface area contributed by atoms with Gasteiger partial charge in [0, 0.05) is 24.7 Å². The van der Waals surface area contributed by atoms with Gasteiger partial charge in [0.25, 0.3) is 11.8 Å². The molecule has 11 heteroatoms. The summed E-state index contributed by atoms with van der Waals surface area (Å²) in [4.78, 5) is 24.1. The number of ether oxygens (including phenoxy) is 1. The van der Waals surface area contributed by atoms with Gasteiger partial charge in [-0.25, -0.2) is 14.4 Å². The van der Waals surface area contributed by atoms with Crippen molar-refractivity contribution in [2.75, 3.05) is 41.8 Å². The Morgan fingerprint density at radius 2 is 2.03 bits per heavy atom. The number of amides is 1. The Labute approximate surface area is 218 Å². The number of nitrogens with zero attached hydrogens (tertiary/aromatic N) is 5. The lowest BCUT2D eigenvalue weighted by Gasteiger charge is -2.28. The third-order valence-corrected chi connectivity index (χ3v) is 6.58. The Balaban J connectivity index is 1.27. The summed E-state index contributed by atoms with van der Waals surface area (Å²) in [6.45, 7) is 4.62. The van der Waals surface area contributed by atoms with Crippen molar-refractivity contribution in [3.63, 3.8) is 0 Å². The van der Waals surface area contributed by atoms with E-state index in [1.807, 2.05) is 35.2 Å². The fourth-order valence-electron chi connectivity index (χ4n) is 4.66. The molecule has 1 saturated heterocycles. The van der Waals surface area contributed by atoms with E-state index in [9.17, 15) is 9.18 Å².